The van der Waals surface area contributed by atoms with Gasteiger partial charge in [0.25, 0.3) is 0 Å². The molecule has 3 aromatic carbocycles. The van der Waals surface area contributed by atoms with Crippen molar-refractivity contribution in [3.8, 4) is 0 Å². The summed E-state index contributed by atoms with van der Waals surface area (Å²) in [6.07, 6.45) is 2.48. The van der Waals surface area contributed by atoms with Gasteiger partial charge >= 0.3 is 0 Å². The first-order valence-corrected chi connectivity index (χ1v) is 11.9. The molecule has 0 amide bonds. The molecular weight excluding hydrogens is 442 g/mol. The van der Waals surface area contributed by atoms with E-state index in [0.717, 1.165) is 16.7 Å². The van der Waals surface area contributed by atoms with Crippen LogP contribution in [0.2, 0.25) is 0 Å². The Morgan fingerprint density at radius 2 is 1.17 bits per heavy atom. The summed E-state index contributed by atoms with van der Waals surface area (Å²) in [4.78, 5) is 0. The van der Waals surface area contributed by atoms with E-state index >= 15 is 0 Å². The molecule has 1 aliphatic rings. The largest absolute Gasteiger partial charge is 0.392 e. The highest BCUT2D eigenvalue weighted by molar-refractivity contribution is 5.16. The van der Waals surface area contributed by atoms with Crippen LogP contribution in [-0.2, 0) is 34.0 Å². The van der Waals surface area contributed by atoms with Crippen LogP contribution in [0.3, 0.4) is 0 Å². The van der Waals surface area contributed by atoms with Crippen molar-refractivity contribution in [1.82, 2.24) is 5.06 Å². The zero-order valence-corrected chi connectivity index (χ0v) is 19.7. The molecule has 0 unspecified atom stereocenters. The lowest BCUT2D eigenvalue weighted by Crippen LogP contribution is -2.40. The maximum absolute atomic E-state index is 11.2. The molecule has 0 saturated carbocycles. The van der Waals surface area contributed by atoms with E-state index in [-0.39, 0.29) is 13.2 Å². The molecule has 6 nitrogen and oxygen atoms in total. The summed E-state index contributed by atoms with van der Waals surface area (Å²) in [5.41, 5.74) is 3.13. The number of hydrogen-bond donors (Lipinski definition) is 2. The van der Waals surface area contributed by atoms with E-state index < -0.39 is 24.3 Å². The molecule has 1 fully saturated rings. The van der Waals surface area contributed by atoms with Crippen molar-refractivity contribution in [2.75, 3.05) is 13.2 Å². The molecule has 4 rings (SSSR count). The Labute approximate surface area is 207 Å². The molecule has 6 heteroatoms. The van der Waals surface area contributed by atoms with Crippen LogP contribution in [-0.4, -0.2) is 52.9 Å². The van der Waals surface area contributed by atoms with Gasteiger partial charge in [-0.15, -0.1) is 0 Å². The molecule has 3 aromatic rings. The van der Waals surface area contributed by atoms with Gasteiger partial charge in [-0.2, -0.15) is 5.06 Å². The minimum Gasteiger partial charge on any atom is -0.392 e. The summed E-state index contributed by atoms with van der Waals surface area (Å²) in [7, 11) is 0. The Hall–Kier alpha value is -2.84. The van der Waals surface area contributed by atoms with Crippen LogP contribution >= 0.6 is 0 Å². The summed E-state index contributed by atoms with van der Waals surface area (Å²) in [5.74, 6) is 0. The lowest BCUT2D eigenvalue weighted by atomic mass is 10.1. The molecular formula is C29H33NO5. The number of aliphatic hydroxyl groups excluding tert-OH is 1. The van der Waals surface area contributed by atoms with Crippen LogP contribution in [0.15, 0.2) is 103 Å². The van der Waals surface area contributed by atoms with Crippen molar-refractivity contribution >= 4 is 0 Å². The van der Waals surface area contributed by atoms with Crippen LogP contribution in [0.1, 0.15) is 16.7 Å². The number of aliphatic hydroxyl groups is 1. The molecule has 1 saturated heterocycles. The minimum atomic E-state index is -0.489. The number of hydrogen-bond acceptors (Lipinski definition) is 6. The highest BCUT2D eigenvalue weighted by Gasteiger charge is 2.49. The van der Waals surface area contributed by atoms with Gasteiger partial charge in [0.15, 0.2) is 0 Å². The SMILES string of the molecule is OC/C=C/[C@@H]1[C@@H](OCc2ccccc2)[C@H](OCc2ccccc2)[C@@H](COCc2ccccc2)N1O. The highest BCUT2D eigenvalue weighted by Crippen LogP contribution is 2.31. The maximum atomic E-state index is 11.2. The molecule has 184 valence electrons. The van der Waals surface area contributed by atoms with Crippen molar-refractivity contribution < 1.29 is 24.5 Å². The van der Waals surface area contributed by atoms with Crippen molar-refractivity contribution in [3.63, 3.8) is 0 Å². The first kappa shape index (κ1) is 25.3. The van der Waals surface area contributed by atoms with Gasteiger partial charge in [-0.05, 0) is 16.7 Å². The maximum Gasteiger partial charge on any atom is 0.107 e. The molecule has 1 heterocycles. The van der Waals surface area contributed by atoms with Gasteiger partial charge < -0.3 is 24.5 Å². The minimum absolute atomic E-state index is 0.125. The lowest BCUT2D eigenvalue weighted by molar-refractivity contribution is -0.156. The Balaban J connectivity index is 1.52. The van der Waals surface area contributed by atoms with Gasteiger partial charge in [0.2, 0.25) is 0 Å². The lowest BCUT2D eigenvalue weighted by Gasteiger charge is -2.25. The topological polar surface area (TPSA) is 71.4 Å². The second kappa shape index (κ2) is 13.3. The van der Waals surface area contributed by atoms with Gasteiger partial charge in [0, 0.05) is 0 Å². The van der Waals surface area contributed by atoms with Gasteiger partial charge in [0.1, 0.15) is 12.2 Å². The summed E-state index contributed by atoms with van der Waals surface area (Å²) in [6.45, 7) is 1.34. The molecule has 0 radical (unpaired) electrons. The standard InChI is InChI=1S/C29H33NO5/c31-18-10-17-26-28(34-20-24-13-6-2-7-14-24)29(35-21-25-15-8-3-9-16-25)27(30(26)32)22-33-19-23-11-4-1-5-12-23/h1-17,26-29,31-32H,18-22H2/b17-10+/t26-,27-,28-,29-/m1/s1. The molecule has 4 atom stereocenters. The van der Waals surface area contributed by atoms with E-state index in [1.165, 1.54) is 5.06 Å². The van der Waals surface area contributed by atoms with Crippen LogP contribution < -0.4 is 0 Å². The zero-order valence-electron chi connectivity index (χ0n) is 19.7. The van der Waals surface area contributed by atoms with Gasteiger partial charge in [-0.25, -0.2) is 0 Å². The molecule has 0 bridgehead atoms. The Morgan fingerprint density at radius 3 is 1.69 bits per heavy atom. The molecule has 1 aliphatic heterocycles. The normalized spacial score (nSPS) is 22.7. The molecule has 0 aliphatic carbocycles. The smallest absolute Gasteiger partial charge is 0.107 e. The Morgan fingerprint density at radius 1 is 0.686 bits per heavy atom. The van der Waals surface area contributed by atoms with E-state index in [1.807, 2.05) is 91.0 Å². The summed E-state index contributed by atoms with van der Waals surface area (Å²) < 4.78 is 18.7. The summed E-state index contributed by atoms with van der Waals surface area (Å²) in [5, 5.41) is 21.8. The van der Waals surface area contributed by atoms with Gasteiger partial charge in [-0.3, -0.25) is 0 Å². The first-order chi connectivity index (χ1) is 17.3. The van der Waals surface area contributed by atoms with Crippen LogP contribution in [0.4, 0.5) is 0 Å². The average molecular weight is 476 g/mol. The summed E-state index contributed by atoms with van der Waals surface area (Å²) >= 11 is 0. The van der Waals surface area contributed by atoms with E-state index in [4.69, 9.17) is 14.2 Å². The fourth-order valence-corrected chi connectivity index (χ4v) is 4.31. The summed E-state index contributed by atoms with van der Waals surface area (Å²) in [6, 6.07) is 28.8. The van der Waals surface area contributed by atoms with Crippen molar-refractivity contribution in [2.24, 2.45) is 0 Å². The fraction of sp³-hybridized carbons (Fsp3) is 0.310. The quantitative estimate of drug-likeness (QED) is 0.379. The molecule has 0 aromatic heterocycles. The predicted molar refractivity (Wildman–Crippen MR) is 134 cm³/mol. The van der Waals surface area contributed by atoms with E-state index in [2.05, 4.69) is 0 Å². The van der Waals surface area contributed by atoms with Crippen molar-refractivity contribution in [3.05, 3.63) is 120 Å². The highest BCUT2D eigenvalue weighted by atomic mass is 16.6. The van der Waals surface area contributed by atoms with Crippen LogP contribution in [0, 0.1) is 0 Å². The number of rotatable bonds is 12. The van der Waals surface area contributed by atoms with E-state index in [9.17, 15) is 10.3 Å². The predicted octanol–water partition coefficient (Wildman–Crippen LogP) is 4.36. The third-order valence-electron chi connectivity index (χ3n) is 6.09. The van der Waals surface area contributed by atoms with Crippen LogP contribution in [0.5, 0.6) is 0 Å². The number of nitrogens with zero attached hydrogens (tertiary/aromatic N) is 1. The monoisotopic (exact) mass is 475 g/mol. The second-order valence-corrected chi connectivity index (χ2v) is 8.57. The second-order valence-electron chi connectivity index (χ2n) is 8.57. The average Bonchev–Trinajstić information content (AvgIpc) is 3.16. The molecule has 2 N–H and O–H groups in total. The third kappa shape index (κ3) is 7.08. The number of ether oxygens (including phenoxy) is 3. The first-order valence-electron chi connectivity index (χ1n) is 11.9. The number of hydroxylamine groups is 2. The van der Waals surface area contributed by atoms with E-state index in [0.29, 0.717) is 19.8 Å². The number of benzene rings is 3. The van der Waals surface area contributed by atoms with E-state index in [1.54, 1.807) is 12.2 Å². The van der Waals surface area contributed by atoms with Crippen molar-refractivity contribution in [2.45, 2.75) is 44.1 Å². The van der Waals surface area contributed by atoms with Crippen molar-refractivity contribution in [1.29, 1.82) is 0 Å². The Bertz CT molecular complexity index is 1020. The molecule has 0 spiro atoms. The third-order valence-corrected chi connectivity index (χ3v) is 6.09. The fourth-order valence-electron chi connectivity index (χ4n) is 4.31. The zero-order chi connectivity index (χ0) is 24.3. The Kier molecular flexibility index (Phi) is 9.60. The van der Waals surface area contributed by atoms with Gasteiger partial charge in [0.05, 0.1) is 45.1 Å². The van der Waals surface area contributed by atoms with Crippen LogP contribution in [0.25, 0.3) is 0 Å². The van der Waals surface area contributed by atoms with Gasteiger partial charge in [-0.1, -0.05) is 103 Å². The molecule has 35 heavy (non-hydrogen) atoms.